The molecule has 0 radical (unpaired) electrons. The number of fused-ring (bicyclic) bond motifs is 5. The topological polar surface area (TPSA) is 30.5 Å². The lowest BCUT2D eigenvalue weighted by molar-refractivity contribution is -0.128. The molecule has 3 aliphatic rings. The molecule has 0 aromatic heterocycles. The fraction of sp³-hybridized carbons (Fsp3) is 0.760. The molecule has 5 unspecified atom stereocenters. The van der Waals surface area contributed by atoms with Crippen molar-refractivity contribution in [2.75, 3.05) is 26.1 Å². The number of nitrogens with one attached hydrogen (secondary N) is 1. The molecule has 156 valence electrons. The van der Waals surface area contributed by atoms with Crippen LogP contribution in [0.5, 0.6) is 11.5 Å². The van der Waals surface area contributed by atoms with Gasteiger partial charge in [-0.2, -0.15) is 0 Å². The molecule has 28 heavy (non-hydrogen) atoms. The zero-order chi connectivity index (χ0) is 20.3. The number of hydrogen-bond donors (Lipinski definition) is 1. The van der Waals surface area contributed by atoms with Gasteiger partial charge in [-0.15, -0.1) is 0 Å². The minimum absolute atomic E-state index is 0.151. The molecule has 2 aliphatic carbocycles. The molecule has 0 spiro atoms. The Labute approximate surface area is 171 Å². The third-order valence-corrected chi connectivity index (χ3v) is 9.39. The molecule has 1 aromatic rings. The van der Waals surface area contributed by atoms with Crippen molar-refractivity contribution in [3.63, 3.8) is 0 Å². The first kappa shape index (κ1) is 19.9. The van der Waals surface area contributed by atoms with Crippen LogP contribution < -0.4 is 14.8 Å². The molecule has 0 amide bonds. The molecule has 1 aliphatic heterocycles. The molecule has 4 rings (SSSR count). The van der Waals surface area contributed by atoms with Crippen LogP contribution in [-0.2, 0) is 5.41 Å². The minimum atomic E-state index is 0.151. The van der Waals surface area contributed by atoms with Gasteiger partial charge in [0, 0.05) is 35.3 Å². The predicted molar refractivity (Wildman–Crippen MR) is 117 cm³/mol. The Balaban J connectivity index is 1.80. The second-order valence-corrected chi connectivity index (χ2v) is 10.7. The Hall–Kier alpha value is -1.38. The number of ether oxygens (including phenoxy) is 2. The van der Waals surface area contributed by atoms with Gasteiger partial charge in [0.1, 0.15) is 11.5 Å². The van der Waals surface area contributed by atoms with Crippen molar-refractivity contribution in [3.8, 4) is 11.5 Å². The van der Waals surface area contributed by atoms with Gasteiger partial charge in [0.25, 0.3) is 0 Å². The summed E-state index contributed by atoms with van der Waals surface area (Å²) in [7, 11) is 3.53. The summed E-state index contributed by atoms with van der Waals surface area (Å²) in [6.45, 7) is 13.7. The summed E-state index contributed by atoms with van der Waals surface area (Å²) >= 11 is 0. The zero-order valence-electron chi connectivity index (χ0n) is 18.9. The molecular formula is C25H39NO2. The van der Waals surface area contributed by atoms with Crippen LogP contribution in [0.15, 0.2) is 12.1 Å². The first-order valence-corrected chi connectivity index (χ1v) is 11.2. The quantitative estimate of drug-likeness (QED) is 0.665. The lowest BCUT2D eigenvalue weighted by Gasteiger charge is -2.65. The fourth-order valence-corrected chi connectivity index (χ4v) is 7.93. The summed E-state index contributed by atoms with van der Waals surface area (Å²) in [5.74, 6) is 4.14. The third kappa shape index (κ3) is 2.53. The maximum atomic E-state index is 5.89. The Bertz CT molecular complexity index is 740. The van der Waals surface area contributed by atoms with E-state index >= 15 is 0 Å². The van der Waals surface area contributed by atoms with E-state index in [0.717, 1.165) is 29.9 Å². The summed E-state index contributed by atoms with van der Waals surface area (Å²) in [5, 5.41) is 3.79. The molecule has 1 heterocycles. The largest absolute Gasteiger partial charge is 0.497 e. The summed E-state index contributed by atoms with van der Waals surface area (Å²) in [6, 6.07) is 4.23. The average Bonchev–Trinajstić information content (AvgIpc) is 2.66. The second kappa shape index (κ2) is 6.57. The van der Waals surface area contributed by atoms with Crippen LogP contribution in [0.25, 0.3) is 0 Å². The lowest BCUT2D eigenvalue weighted by Crippen LogP contribution is -2.61. The van der Waals surface area contributed by atoms with Crippen molar-refractivity contribution >= 4 is 5.69 Å². The third-order valence-electron chi connectivity index (χ3n) is 9.39. The van der Waals surface area contributed by atoms with Crippen LogP contribution in [-0.4, -0.2) is 20.8 Å². The number of benzene rings is 1. The van der Waals surface area contributed by atoms with Gasteiger partial charge in [0.15, 0.2) is 0 Å². The lowest BCUT2D eigenvalue weighted by atomic mass is 9.40. The smallest absolute Gasteiger partial charge is 0.128 e. The van der Waals surface area contributed by atoms with Crippen LogP contribution in [0.4, 0.5) is 5.69 Å². The van der Waals surface area contributed by atoms with Crippen LogP contribution in [0.2, 0.25) is 0 Å². The van der Waals surface area contributed by atoms with Crippen LogP contribution in [0, 0.1) is 28.6 Å². The number of hydrogen-bond acceptors (Lipinski definition) is 3. The highest BCUT2D eigenvalue weighted by Crippen LogP contribution is 2.68. The van der Waals surface area contributed by atoms with E-state index < -0.39 is 0 Å². The standard InChI is InChI=1S/C25H39NO2/c1-8-16-9-11-24(4)20(23(16,2)3)10-12-25(5)21(24)15-26-18-13-17(27-6)14-19(28-7)22(18)25/h13-14,16,20-21,26H,8-12,15H2,1-7H3. The van der Waals surface area contributed by atoms with Crippen LogP contribution in [0.3, 0.4) is 0 Å². The molecule has 1 N–H and O–H groups in total. The van der Waals surface area contributed by atoms with E-state index in [9.17, 15) is 0 Å². The van der Waals surface area contributed by atoms with Crippen molar-refractivity contribution in [2.24, 2.45) is 28.6 Å². The number of rotatable bonds is 3. The Morgan fingerprint density at radius 3 is 2.39 bits per heavy atom. The summed E-state index contributed by atoms with van der Waals surface area (Å²) in [6.07, 6.45) is 6.61. The van der Waals surface area contributed by atoms with Gasteiger partial charge in [-0.05, 0) is 54.3 Å². The van der Waals surface area contributed by atoms with Crippen LogP contribution in [0.1, 0.15) is 72.3 Å². The summed E-state index contributed by atoms with van der Waals surface area (Å²) in [4.78, 5) is 0. The van der Waals surface area contributed by atoms with Gasteiger partial charge >= 0.3 is 0 Å². The van der Waals surface area contributed by atoms with Gasteiger partial charge < -0.3 is 14.8 Å². The highest BCUT2D eigenvalue weighted by atomic mass is 16.5. The SMILES string of the molecule is CCC1CCC2(C)C3CNc4cc(OC)cc(OC)c4C3(C)CCC2C1(C)C. The van der Waals surface area contributed by atoms with Crippen molar-refractivity contribution < 1.29 is 9.47 Å². The van der Waals surface area contributed by atoms with Gasteiger partial charge in [-0.1, -0.05) is 41.0 Å². The Kier molecular flexibility index (Phi) is 4.67. The van der Waals surface area contributed by atoms with E-state index in [4.69, 9.17) is 9.47 Å². The van der Waals surface area contributed by atoms with Crippen molar-refractivity contribution in [1.82, 2.24) is 0 Å². The van der Waals surface area contributed by atoms with Crippen molar-refractivity contribution in [2.45, 2.75) is 72.1 Å². The van der Waals surface area contributed by atoms with E-state index in [0.29, 0.717) is 16.7 Å². The highest BCUT2D eigenvalue weighted by Gasteiger charge is 2.62. The van der Waals surface area contributed by atoms with Crippen LogP contribution >= 0.6 is 0 Å². The van der Waals surface area contributed by atoms with Gasteiger partial charge in [-0.25, -0.2) is 0 Å². The Morgan fingerprint density at radius 2 is 1.75 bits per heavy atom. The molecule has 2 saturated carbocycles. The number of anilines is 1. The van der Waals surface area contributed by atoms with Gasteiger partial charge in [-0.3, -0.25) is 0 Å². The Morgan fingerprint density at radius 1 is 1.00 bits per heavy atom. The van der Waals surface area contributed by atoms with E-state index in [2.05, 4.69) is 52.1 Å². The molecule has 0 bridgehead atoms. The molecule has 0 saturated heterocycles. The first-order valence-electron chi connectivity index (χ1n) is 11.2. The van der Waals surface area contributed by atoms with E-state index in [1.807, 2.05) is 0 Å². The molecular weight excluding hydrogens is 346 g/mol. The van der Waals surface area contributed by atoms with Gasteiger partial charge in [0.2, 0.25) is 0 Å². The summed E-state index contributed by atoms with van der Waals surface area (Å²) < 4.78 is 11.4. The molecule has 2 fully saturated rings. The summed E-state index contributed by atoms with van der Waals surface area (Å²) in [5.41, 5.74) is 3.53. The predicted octanol–water partition coefficient (Wildman–Crippen LogP) is 6.27. The monoisotopic (exact) mass is 385 g/mol. The zero-order valence-corrected chi connectivity index (χ0v) is 18.9. The average molecular weight is 386 g/mol. The van der Waals surface area contributed by atoms with Crippen molar-refractivity contribution in [3.05, 3.63) is 17.7 Å². The normalized spacial score (nSPS) is 38.5. The molecule has 3 nitrogen and oxygen atoms in total. The second-order valence-electron chi connectivity index (χ2n) is 10.7. The molecule has 1 aromatic carbocycles. The number of methoxy groups -OCH3 is 2. The fourth-order valence-electron chi connectivity index (χ4n) is 7.93. The maximum absolute atomic E-state index is 5.89. The molecule has 5 atom stereocenters. The van der Waals surface area contributed by atoms with E-state index in [1.54, 1.807) is 14.2 Å². The minimum Gasteiger partial charge on any atom is -0.497 e. The van der Waals surface area contributed by atoms with E-state index in [-0.39, 0.29) is 5.41 Å². The van der Waals surface area contributed by atoms with E-state index in [1.165, 1.54) is 43.4 Å². The molecule has 3 heteroatoms. The van der Waals surface area contributed by atoms with Crippen molar-refractivity contribution in [1.29, 1.82) is 0 Å². The first-order chi connectivity index (χ1) is 13.2. The van der Waals surface area contributed by atoms with Gasteiger partial charge in [0.05, 0.1) is 14.2 Å². The highest BCUT2D eigenvalue weighted by molar-refractivity contribution is 5.67. The maximum Gasteiger partial charge on any atom is 0.128 e.